The topological polar surface area (TPSA) is 73.0 Å². The Hall–Kier alpha value is -1.94. The second kappa shape index (κ2) is 9.68. The van der Waals surface area contributed by atoms with Crippen molar-refractivity contribution in [3.63, 3.8) is 0 Å². The molecular weight excluding hydrogens is 432 g/mol. The largest absolute Gasteiger partial charge is 0.369 e. The van der Waals surface area contributed by atoms with Crippen molar-refractivity contribution in [3.8, 4) is 0 Å². The van der Waals surface area contributed by atoms with Gasteiger partial charge in [-0.2, -0.15) is 4.31 Å². The number of amides is 1. The van der Waals surface area contributed by atoms with Crippen molar-refractivity contribution in [2.75, 3.05) is 56.0 Å². The van der Waals surface area contributed by atoms with E-state index < -0.39 is 10.0 Å². The fraction of sp³-hybridized carbons (Fsp3) is 0.500. The molecule has 4 rings (SSSR count). The third-order valence-corrected chi connectivity index (χ3v) is 9.51. The highest BCUT2D eigenvalue weighted by Crippen LogP contribution is 2.27. The maximum absolute atomic E-state index is 12.7. The summed E-state index contributed by atoms with van der Waals surface area (Å²) in [4.78, 5) is 17.5. The smallest absolute Gasteiger partial charge is 0.252 e. The number of likely N-dealkylation sites (N-methyl/N-ethyl adjacent to an activating group) is 1. The molecule has 1 aromatic heterocycles. The van der Waals surface area contributed by atoms with Crippen molar-refractivity contribution in [2.24, 2.45) is 5.92 Å². The molecule has 1 amide bonds. The van der Waals surface area contributed by atoms with Gasteiger partial charge in [0, 0.05) is 56.6 Å². The lowest BCUT2D eigenvalue weighted by atomic mass is 9.97. The van der Waals surface area contributed by atoms with Crippen molar-refractivity contribution in [1.82, 2.24) is 9.21 Å². The molecule has 7 nitrogen and oxygen atoms in total. The fourth-order valence-electron chi connectivity index (χ4n) is 4.22. The predicted molar refractivity (Wildman–Crippen MR) is 125 cm³/mol. The number of carbonyl (C=O) groups is 1. The summed E-state index contributed by atoms with van der Waals surface area (Å²) >= 11 is 1.23. The Kier molecular flexibility index (Phi) is 6.95. The van der Waals surface area contributed by atoms with Gasteiger partial charge in [-0.15, -0.1) is 11.3 Å². The van der Waals surface area contributed by atoms with Crippen LogP contribution in [0.25, 0.3) is 0 Å². The molecule has 9 heteroatoms. The lowest BCUT2D eigenvalue weighted by Crippen LogP contribution is -2.46. The highest BCUT2D eigenvalue weighted by Gasteiger charge is 2.32. The van der Waals surface area contributed by atoms with Crippen molar-refractivity contribution < 1.29 is 13.2 Å². The number of nitrogens with one attached hydrogen (secondary N) is 1. The van der Waals surface area contributed by atoms with Gasteiger partial charge in [0.25, 0.3) is 10.0 Å². The minimum absolute atomic E-state index is 0.0301. The summed E-state index contributed by atoms with van der Waals surface area (Å²) in [6.45, 7) is 8.24. The number of hydrogen-bond donors (Lipinski definition) is 1. The number of anilines is 2. The van der Waals surface area contributed by atoms with Crippen LogP contribution in [0.2, 0.25) is 0 Å². The zero-order chi connectivity index (χ0) is 21.8. The van der Waals surface area contributed by atoms with Crippen LogP contribution < -0.4 is 10.2 Å². The Morgan fingerprint density at radius 2 is 1.71 bits per heavy atom. The van der Waals surface area contributed by atoms with Gasteiger partial charge in [0.05, 0.1) is 0 Å². The molecule has 0 aliphatic carbocycles. The molecule has 0 radical (unpaired) electrons. The molecule has 31 heavy (non-hydrogen) atoms. The minimum atomic E-state index is -3.44. The van der Waals surface area contributed by atoms with Crippen LogP contribution in [-0.4, -0.2) is 69.3 Å². The molecule has 2 aromatic rings. The number of hydrogen-bond acceptors (Lipinski definition) is 6. The van der Waals surface area contributed by atoms with E-state index in [-0.39, 0.29) is 11.8 Å². The lowest BCUT2D eigenvalue weighted by Gasteiger charge is -2.35. The molecule has 0 unspecified atom stereocenters. The van der Waals surface area contributed by atoms with E-state index in [4.69, 9.17) is 0 Å². The first-order valence-corrected chi connectivity index (χ1v) is 13.2. The number of nitrogens with zero attached hydrogens (tertiary/aromatic N) is 3. The standard InChI is InChI=1S/C22H30N4O3S2/c1-2-24-13-15-25(16-14-24)20-7-5-19(6-8-20)23-22(27)18-9-11-26(12-10-18)31(28,29)21-4-3-17-30-21/h3-8,17-18H,2,9-16H2,1H3,(H,23,27). The minimum Gasteiger partial charge on any atom is -0.369 e. The van der Waals surface area contributed by atoms with Gasteiger partial charge in [-0.25, -0.2) is 8.42 Å². The van der Waals surface area contributed by atoms with Gasteiger partial charge in [0.1, 0.15) is 4.21 Å². The summed E-state index contributed by atoms with van der Waals surface area (Å²) in [5.74, 6) is -0.200. The van der Waals surface area contributed by atoms with E-state index in [9.17, 15) is 13.2 Å². The summed E-state index contributed by atoms with van der Waals surface area (Å²) in [6.07, 6.45) is 1.08. The number of thiophene rings is 1. The molecule has 0 saturated carbocycles. The van der Waals surface area contributed by atoms with E-state index in [2.05, 4.69) is 34.2 Å². The maximum atomic E-state index is 12.7. The van der Waals surface area contributed by atoms with Crippen LogP contribution in [0.5, 0.6) is 0 Å². The van der Waals surface area contributed by atoms with Crippen molar-refractivity contribution in [1.29, 1.82) is 0 Å². The summed E-state index contributed by atoms with van der Waals surface area (Å²) in [5, 5.41) is 4.77. The average molecular weight is 463 g/mol. The van der Waals surface area contributed by atoms with Crippen LogP contribution in [0.1, 0.15) is 19.8 Å². The molecule has 2 aliphatic heterocycles. The molecule has 0 spiro atoms. The first-order valence-electron chi connectivity index (χ1n) is 10.9. The second-order valence-corrected chi connectivity index (χ2v) is 11.2. The van der Waals surface area contributed by atoms with Gasteiger partial charge < -0.3 is 15.1 Å². The van der Waals surface area contributed by atoms with E-state index in [1.165, 1.54) is 21.3 Å². The Morgan fingerprint density at radius 1 is 1.03 bits per heavy atom. The van der Waals surface area contributed by atoms with E-state index in [0.29, 0.717) is 30.1 Å². The number of rotatable bonds is 6. The Balaban J connectivity index is 1.28. The number of piperazine rings is 1. The molecule has 1 aromatic carbocycles. The Morgan fingerprint density at radius 3 is 2.29 bits per heavy atom. The summed E-state index contributed by atoms with van der Waals surface area (Å²) in [5.41, 5.74) is 1.97. The monoisotopic (exact) mass is 462 g/mol. The first-order chi connectivity index (χ1) is 15.0. The van der Waals surface area contributed by atoms with Crippen molar-refractivity contribution >= 4 is 38.6 Å². The molecule has 2 aliphatic rings. The van der Waals surface area contributed by atoms with E-state index in [1.54, 1.807) is 17.5 Å². The van der Waals surface area contributed by atoms with Crippen LogP contribution in [0.3, 0.4) is 0 Å². The molecular formula is C22H30N4O3S2. The first kappa shape index (κ1) is 22.3. The lowest BCUT2D eigenvalue weighted by molar-refractivity contribution is -0.120. The molecule has 168 valence electrons. The van der Waals surface area contributed by atoms with Gasteiger partial charge in [0.15, 0.2) is 0 Å². The SMILES string of the molecule is CCN1CCN(c2ccc(NC(=O)C3CCN(S(=O)(=O)c4cccs4)CC3)cc2)CC1. The fourth-order valence-corrected chi connectivity index (χ4v) is 6.83. The van der Waals surface area contributed by atoms with Crippen molar-refractivity contribution in [2.45, 2.75) is 24.0 Å². The molecule has 0 atom stereocenters. The van der Waals surface area contributed by atoms with Gasteiger partial charge in [-0.3, -0.25) is 4.79 Å². The third-order valence-electron chi connectivity index (χ3n) is 6.23. The Labute approximate surface area is 188 Å². The zero-order valence-electron chi connectivity index (χ0n) is 17.9. The van der Waals surface area contributed by atoms with Crippen LogP contribution in [0.15, 0.2) is 46.0 Å². The van der Waals surface area contributed by atoms with Crippen molar-refractivity contribution in [3.05, 3.63) is 41.8 Å². The second-order valence-electron chi connectivity index (χ2n) is 8.07. The maximum Gasteiger partial charge on any atom is 0.252 e. The summed E-state index contributed by atoms with van der Waals surface area (Å²) in [7, 11) is -3.44. The van der Waals surface area contributed by atoms with Gasteiger partial charge >= 0.3 is 0 Å². The average Bonchev–Trinajstić information content (AvgIpc) is 3.36. The summed E-state index contributed by atoms with van der Waals surface area (Å²) < 4.78 is 27.1. The van der Waals surface area contributed by atoms with Gasteiger partial charge in [0.2, 0.25) is 5.91 Å². The molecule has 2 fully saturated rings. The van der Waals surface area contributed by atoms with E-state index in [1.807, 2.05) is 12.1 Å². The molecule has 1 N–H and O–H groups in total. The third kappa shape index (κ3) is 5.11. The highest BCUT2D eigenvalue weighted by molar-refractivity contribution is 7.91. The normalized spacial score (nSPS) is 19.5. The highest BCUT2D eigenvalue weighted by atomic mass is 32.2. The molecule has 2 saturated heterocycles. The van der Waals surface area contributed by atoms with Crippen LogP contribution in [-0.2, 0) is 14.8 Å². The predicted octanol–water partition coefficient (Wildman–Crippen LogP) is 2.93. The quantitative estimate of drug-likeness (QED) is 0.715. The zero-order valence-corrected chi connectivity index (χ0v) is 19.5. The Bertz CT molecular complexity index is 961. The van der Waals surface area contributed by atoms with Crippen LogP contribution in [0.4, 0.5) is 11.4 Å². The van der Waals surface area contributed by atoms with Crippen LogP contribution in [0, 0.1) is 5.92 Å². The van der Waals surface area contributed by atoms with Gasteiger partial charge in [-0.1, -0.05) is 13.0 Å². The number of sulfonamides is 1. The molecule has 3 heterocycles. The van der Waals surface area contributed by atoms with E-state index >= 15 is 0 Å². The van der Waals surface area contributed by atoms with Crippen LogP contribution >= 0.6 is 11.3 Å². The number of carbonyl (C=O) groups excluding carboxylic acids is 1. The van der Waals surface area contributed by atoms with Gasteiger partial charge in [-0.05, 0) is 55.1 Å². The summed E-state index contributed by atoms with van der Waals surface area (Å²) in [6, 6.07) is 11.4. The molecule has 0 bridgehead atoms. The number of benzene rings is 1. The number of piperidine rings is 1. The van der Waals surface area contributed by atoms with E-state index in [0.717, 1.165) is 38.4 Å².